The molecule has 0 radical (unpaired) electrons. The highest BCUT2D eigenvalue weighted by Gasteiger charge is 2.04. The van der Waals surface area contributed by atoms with Gasteiger partial charge in [0.05, 0.1) is 0 Å². The van der Waals surface area contributed by atoms with Crippen LogP contribution in [0.25, 0.3) is 0 Å². The zero-order valence-corrected chi connectivity index (χ0v) is 8.25. The van der Waals surface area contributed by atoms with Crippen LogP contribution in [0.2, 0.25) is 0 Å². The molecular formula is C10H13FN2O. The normalized spacial score (nSPS) is 9.64. The van der Waals surface area contributed by atoms with Crippen LogP contribution in [0.4, 0.5) is 9.18 Å². The second-order valence-electron chi connectivity index (χ2n) is 3.14. The Hall–Kier alpha value is -1.58. The van der Waals surface area contributed by atoms with Crippen LogP contribution in [-0.4, -0.2) is 25.0 Å². The van der Waals surface area contributed by atoms with Crippen LogP contribution in [0.1, 0.15) is 5.56 Å². The lowest BCUT2D eigenvalue weighted by atomic mass is 10.2. The van der Waals surface area contributed by atoms with Crippen molar-refractivity contribution < 1.29 is 9.18 Å². The van der Waals surface area contributed by atoms with Crippen molar-refractivity contribution in [1.82, 2.24) is 10.2 Å². The lowest BCUT2D eigenvalue weighted by Crippen LogP contribution is -2.34. The first kappa shape index (κ1) is 10.5. The number of nitrogens with one attached hydrogen (secondary N) is 1. The highest BCUT2D eigenvalue weighted by molar-refractivity contribution is 5.73. The van der Waals surface area contributed by atoms with E-state index in [0.29, 0.717) is 5.56 Å². The van der Waals surface area contributed by atoms with Gasteiger partial charge in [0.2, 0.25) is 0 Å². The van der Waals surface area contributed by atoms with Gasteiger partial charge in [-0.2, -0.15) is 0 Å². The van der Waals surface area contributed by atoms with Crippen LogP contribution in [0.15, 0.2) is 24.3 Å². The van der Waals surface area contributed by atoms with Gasteiger partial charge in [-0.1, -0.05) is 18.2 Å². The number of hydrogen-bond donors (Lipinski definition) is 1. The summed E-state index contributed by atoms with van der Waals surface area (Å²) in [5.74, 6) is -0.299. The largest absolute Gasteiger partial charge is 0.334 e. The molecule has 0 unspecified atom stereocenters. The second kappa shape index (κ2) is 4.60. The molecule has 0 aromatic heterocycles. The Kier molecular flexibility index (Phi) is 3.45. The maximum Gasteiger partial charge on any atom is 0.317 e. The fraction of sp³-hybridized carbons (Fsp3) is 0.300. The van der Waals surface area contributed by atoms with E-state index >= 15 is 0 Å². The number of carbonyl (C=O) groups excluding carboxylic acids is 1. The van der Waals surface area contributed by atoms with E-state index < -0.39 is 0 Å². The number of rotatable bonds is 2. The molecule has 3 nitrogen and oxygen atoms in total. The van der Waals surface area contributed by atoms with Crippen LogP contribution in [0.5, 0.6) is 0 Å². The third-order valence-corrected chi connectivity index (χ3v) is 1.79. The van der Waals surface area contributed by atoms with Gasteiger partial charge in [0, 0.05) is 26.2 Å². The fourth-order valence-corrected chi connectivity index (χ4v) is 0.971. The van der Waals surface area contributed by atoms with Crippen LogP contribution in [-0.2, 0) is 6.54 Å². The Balaban J connectivity index is 2.54. The van der Waals surface area contributed by atoms with E-state index in [1.165, 1.54) is 11.0 Å². The van der Waals surface area contributed by atoms with Gasteiger partial charge in [-0.15, -0.1) is 0 Å². The predicted molar refractivity (Wildman–Crippen MR) is 52.3 cm³/mol. The zero-order chi connectivity index (χ0) is 10.6. The quantitative estimate of drug-likeness (QED) is 0.765. The molecule has 2 amide bonds. The van der Waals surface area contributed by atoms with Crippen molar-refractivity contribution in [2.75, 3.05) is 14.1 Å². The predicted octanol–water partition coefficient (Wildman–Crippen LogP) is 1.60. The van der Waals surface area contributed by atoms with Gasteiger partial charge in [-0.25, -0.2) is 9.18 Å². The first-order chi connectivity index (χ1) is 6.61. The topological polar surface area (TPSA) is 32.3 Å². The first-order valence-electron chi connectivity index (χ1n) is 4.30. The van der Waals surface area contributed by atoms with Crippen molar-refractivity contribution in [3.63, 3.8) is 0 Å². The van der Waals surface area contributed by atoms with Crippen molar-refractivity contribution in [1.29, 1.82) is 0 Å². The highest BCUT2D eigenvalue weighted by atomic mass is 19.1. The first-order valence-corrected chi connectivity index (χ1v) is 4.30. The van der Waals surface area contributed by atoms with Crippen LogP contribution in [0, 0.1) is 5.82 Å². The van der Waals surface area contributed by atoms with E-state index in [9.17, 15) is 9.18 Å². The monoisotopic (exact) mass is 196 g/mol. The number of amides is 2. The average molecular weight is 196 g/mol. The summed E-state index contributed by atoms with van der Waals surface area (Å²) in [5, 5.41) is 2.59. The third-order valence-electron chi connectivity index (χ3n) is 1.79. The number of carbonyl (C=O) groups is 1. The highest BCUT2D eigenvalue weighted by Crippen LogP contribution is 2.05. The molecule has 1 N–H and O–H groups in total. The Morgan fingerprint density at radius 3 is 2.64 bits per heavy atom. The number of nitrogens with zero attached hydrogens (tertiary/aromatic N) is 1. The molecule has 0 bridgehead atoms. The van der Waals surface area contributed by atoms with Crippen molar-refractivity contribution in [2.45, 2.75) is 6.54 Å². The lowest BCUT2D eigenvalue weighted by molar-refractivity contribution is 0.217. The Bertz CT molecular complexity index is 326. The molecule has 76 valence electrons. The third kappa shape index (κ3) is 2.73. The molecule has 0 aliphatic rings. The molecule has 4 heteroatoms. The Morgan fingerprint density at radius 2 is 2.07 bits per heavy atom. The smallest absolute Gasteiger partial charge is 0.317 e. The summed E-state index contributed by atoms with van der Waals surface area (Å²) in [6, 6.07) is 6.14. The number of urea groups is 1. The average Bonchev–Trinajstić information content (AvgIpc) is 2.16. The standard InChI is InChI=1S/C10H13FN2O/c1-13(2)10(14)12-7-8-5-3-4-6-9(8)11/h3-6H,7H2,1-2H3,(H,12,14). The summed E-state index contributed by atoms with van der Waals surface area (Å²) >= 11 is 0. The molecule has 0 saturated heterocycles. The molecular weight excluding hydrogens is 183 g/mol. The molecule has 0 aliphatic heterocycles. The van der Waals surface area contributed by atoms with E-state index in [0.717, 1.165) is 0 Å². The molecule has 14 heavy (non-hydrogen) atoms. The fourth-order valence-electron chi connectivity index (χ4n) is 0.971. The van der Waals surface area contributed by atoms with Crippen molar-refractivity contribution in [3.05, 3.63) is 35.6 Å². The number of halogens is 1. The maximum atomic E-state index is 13.1. The molecule has 1 aromatic carbocycles. The van der Waals surface area contributed by atoms with Gasteiger partial charge < -0.3 is 10.2 Å². The van der Waals surface area contributed by atoms with Crippen molar-refractivity contribution in [3.8, 4) is 0 Å². The van der Waals surface area contributed by atoms with Gasteiger partial charge in [0.25, 0.3) is 0 Å². The molecule has 1 rings (SSSR count). The van der Waals surface area contributed by atoms with Gasteiger partial charge >= 0.3 is 6.03 Å². The van der Waals surface area contributed by atoms with E-state index in [4.69, 9.17) is 0 Å². The van der Waals surface area contributed by atoms with Gasteiger partial charge in [0.1, 0.15) is 5.82 Å². The van der Waals surface area contributed by atoms with E-state index in [-0.39, 0.29) is 18.4 Å². The van der Waals surface area contributed by atoms with Crippen molar-refractivity contribution >= 4 is 6.03 Å². The molecule has 0 spiro atoms. The van der Waals surface area contributed by atoms with E-state index in [2.05, 4.69) is 5.32 Å². The van der Waals surface area contributed by atoms with Crippen LogP contribution < -0.4 is 5.32 Å². The molecule has 0 heterocycles. The van der Waals surface area contributed by atoms with Gasteiger partial charge in [-0.05, 0) is 6.07 Å². The lowest BCUT2D eigenvalue weighted by Gasteiger charge is -2.11. The van der Waals surface area contributed by atoms with Crippen LogP contribution >= 0.6 is 0 Å². The summed E-state index contributed by atoms with van der Waals surface area (Å²) in [6.07, 6.45) is 0. The minimum Gasteiger partial charge on any atom is -0.334 e. The second-order valence-corrected chi connectivity index (χ2v) is 3.14. The molecule has 1 aromatic rings. The molecule has 0 atom stereocenters. The van der Waals surface area contributed by atoms with E-state index in [1.807, 2.05) is 0 Å². The molecule has 0 saturated carbocycles. The summed E-state index contributed by atoms with van der Waals surface area (Å²) in [7, 11) is 3.27. The number of hydrogen-bond acceptors (Lipinski definition) is 1. The maximum absolute atomic E-state index is 13.1. The van der Waals surface area contributed by atoms with Gasteiger partial charge in [-0.3, -0.25) is 0 Å². The summed E-state index contributed by atoms with van der Waals surface area (Å²) < 4.78 is 13.1. The SMILES string of the molecule is CN(C)C(=O)NCc1ccccc1F. The Labute approximate surface area is 82.5 Å². The minimum atomic E-state index is -0.299. The summed E-state index contributed by atoms with van der Waals surface area (Å²) in [5.41, 5.74) is 0.489. The molecule has 0 aliphatic carbocycles. The van der Waals surface area contributed by atoms with Crippen molar-refractivity contribution in [2.24, 2.45) is 0 Å². The van der Waals surface area contributed by atoms with Gasteiger partial charge in [0.15, 0.2) is 0 Å². The Morgan fingerprint density at radius 1 is 1.43 bits per heavy atom. The summed E-state index contributed by atoms with van der Waals surface area (Å²) in [6.45, 7) is 0.212. The van der Waals surface area contributed by atoms with Crippen LogP contribution in [0.3, 0.4) is 0 Å². The minimum absolute atomic E-state index is 0.212. The summed E-state index contributed by atoms with van der Waals surface area (Å²) in [4.78, 5) is 12.5. The zero-order valence-electron chi connectivity index (χ0n) is 8.25. The van der Waals surface area contributed by atoms with E-state index in [1.54, 1.807) is 32.3 Å². The molecule has 0 fully saturated rings. The number of benzene rings is 1.